The second-order valence-electron chi connectivity index (χ2n) is 4.22. The quantitative estimate of drug-likeness (QED) is 0.648. The number of nitrogens with zero attached hydrogens (tertiary/aromatic N) is 1. The van der Waals surface area contributed by atoms with Crippen LogP contribution >= 0.6 is 0 Å². The van der Waals surface area contributed by atoms with Gasteiger partial charge in [-0.15, -0.1) is 0 Å². The van der Waals surface area contributed by atoms with Gasteiger partial charge in [0, 0.05) is 25.2 Å². The summed E-state index contributed by atoms with van der Waals surface area (Å²) in [5.74, 6) is 0. The molecular formula is C10H20N2O. The highest BCUT2D eigenvalue weighted by Crippen LogP contribution is 2.22. The van der Waals surface area contributed by atoms with Gasteiger partial charge in [0.25, 0.3) is 0 Å². The molecule has 13 heavy (non-hydrogen) atoms. The Morgan fingerprint density at radius 1 is 1.00 bits per heavy atom. The minimum Gasteiger partial charge on any atom is -0.379 e. The van der Waals surface area contributed by atoms with Crippen LogP contribution in [0.4, 0.5) is 0 Å². The summed E-state index contributed by atoms with van der Waals surface area (Å²) in [5.41, 5.74) is 5.88. The molecule has 0 bridgehead atoms. The molecule has 0 amide bonds. The smallest absolute Gasteiger partial charge is 0.0594 e. The molecule has 3 nitrogen and oxygen atoms in total. The minimum atomic E-state index is 0.470. The number of morpholine rings is 1. The third-order valence-corrected chi connectivity index (χ3v) is 3.30. The number of hydrogen-bond acceptors (Lipinski definition) is 3. The maximum Gasteiger partial charge on any atom is 0.0594 e. The molecule has 0 aromatic rings. The van der Waals surface area contributed by atoms with Crippen LogP contribution in [-0.2, 0) is 4.74 Å². The van der Waals surface area contributed by atoms with Crippen LogP contribution in [-0.4, -0.2) is 43.3 Å². The number of ether oxygens (including phenoxy) is 1. The summed E-state index contributed by atoms with van der Waals surface area (Å²) in [7, 11) is 0. The van der Waals surface area contributed by atoms with E-state index in [0.29, 0.717) is 6.04 Å². The summed E-state index contributed by atoms with van der Waals surface area (Å²) in [4.78, 5) is 2.58. The molecule has 0 aromatic heterocycles. The topological polar surface area (TPSA) is 38.5 Å². The van der Waals surface area contributed by atoms with Crippen molar-refractivity contribution >= 4 is 0 Å². The van der Waals surface area contributed by atoms with Crippen LogP contribution in [0.1, 0.15) is 25.7 Å². The average molecular weight is 184 g/mol. The zero-order valence-electron chi connectivity index (χ0n) is 8.24. The zero-order chi connectivity index (χ0) is 9.10. The molecule has 0 spiro atoms. The summed E-state index contributed by atoms with van der Waals surface area (Å²) in [6, 6.07) is 1.26. The van der Waals surface area contributed by atoms with E-state index in [1.54, 1.807) is 0 Å². The van der Waals surface area contributed by atoms with Gasteiger partial charge in [-0.25, -0.2) is 0 Å². The molecule has 76 valence electrons. The molecule has 0 aromatic carbocycles. The molecule has 1 heterocycles. The first-order chi connectivity index (χ1) is 6.36. The Morgan fingerprint density at radius 3 is 2.23 bits per heavy atom. The lowest BCUT2D eigenvalue weighted by Crippen LogP contribution is -2.46. The van der Waals surface area contributed by atoms with Gasteiger partial charge >= 0.3 is 0 Å². The van der Waals surface area contributed by atoms with Gasteiger partial charge in [-0.1, -0.05) is 0 Å². The molecule has 1 aliphatic carbocycles. The maximum absolute atomic E-state index is 5.88. The highest BCUT2D eigenvalue weighted by molar-refractivity contribution is 4.81. The van der Waals surface area contributed by atoms with E-state index in [-0.39, 0.29) is 0 Å². The second kappa shape index (κ2) is 4.40. The van der Waals surface area contributed by atoms with Crippen molar-refractivity contribution in [2.24, 2.45) is 5.73 Å². The first kappa shape index (κ1) is 9.44. The molecule has 3 heteroatoms. The normalized spacial score (nSPS) is 37.6. The zero-order valence-corrected chi connectivity index (χ0v) is 8.24. The predicted octanol–water partition coefficient (Wildman–Crippen LogP) is 0.588. The molecular weight excluding hydrogens is 164 g/mol. The average Bonchev–Trinajstić information content (AvgIpc) is 2.20. The fourth-order valence-electron chi connectivity index (χ4n) is 2.41. The van der Waals surface area contributed by atoms with Gasteiger partial charge in [-0.3, -0.25) is 4.90 Å². The summed E-state index contributed by atoms with van der Waals surface area (Å²) < 4.78 is 5.35. The molecule has 1 aliphatic heterocycles. The van der Waals surface area contributed by atoms with Crippen LogP contribution in [0, 0.1) is 0 Å². The highest BCUT2D eigenvalue weighted by atomic mass is 16.5. The Hall–Kier alpha value is -0.120. The van der Waals surface area contributed by atoms with Crippen LogP contribution in [0.3, 0.4) is 0 Å². The fraction of sp³-hybridized carbons (Fsp3) is 1.00. The number of hydrogen-bond donors (Lipinski definition) is 1. The van der Waals surface area contributed by atoms with Gasteiger partial charge in [0.05, 0.1) is 13.2 Å². The largest absolute Gasteiger partial charge is 0.379 e. The molecule has 1 saturated heterocycles. The van der Waals surface area contributed by atoms with Crippen molar-refractivity contribution in [2.45, 2.75) is 37.8 Å². The van der Waals surface area contributed by atoms with Crippen molar-refractivity contribution in [3.05, 3.63) is 0 Å². The van der Waals surface area contributed by atoms with E-state index in [0.717, 1.165) is 32.3 Å². The number of nitrogens with two attached hydrogens (primary N) is 1. The first-order valence-corrected chi connectivity index (χ1v) is 5.43. The van der Waals surface area contributed by atoms with Crippen molar-refractivity contribution in [3.8, 4) is 0 Å². The molecule has 2 aliphatic rings. The van der Waals surface area contributed by atoms with Crippen LogP contribution in [0.25, 0.3) is 0 Å². The molecule has 2 rings (SSSR count). The van der Waals surface area contributed by atoms with Crippen molar-refractivity contribution in [1.82, 2.24) is 4.90 Å². The molecule has 0 atom stereocenters. The van der Waals surface area contributed by atoms with E-state index in [4.69, 9.17) is 10.5 Å². The monoisotopic (exact) mass is 184 g/mol. The Morgan fingerprint density at radius 2 is 1.62 bits per heavy atom. The van der Waals surface area contributed by atoms with Crippen LogP contribution in [0.15, 0.2) is 0 Å². The second-order valence-corrected chi connectivity index (χ2v) is 4.22. The van der Waals surface area contributed by atoms with Crippen molar-refractivity contribution in [3.63, 3.8) is 0 Å². The Labute approximate surface area is 80.2 Å². The SMILES string of the molecule is NC1CCC(N2CCOCC2)CC1. The fourth-order valence-corrected chi connectivity index (χ4v) is 2.41. The van der Waals surface area contributed by atoms with Crippen molar-refractivity contribution in [2.75, 3.05) is 26.3 Å². The van der Waals surface area contributed by atoms with Gasteiger partial charge in [-0.05, 0) is 25.7 Å². The van der Waals surface area contributed by atoms with Gasteiger partial charge in [0.1, 0.15) is 0 Å². The highest BCUT2D eigenvalue weighted by Gasteiger charge is 2.25. The van der Waals surface area contributed by atoms with E-state index in [1.165, 1.54) is 25.7 Å². The molecule has 1 saturated carbocycles. The van der Waals surface area contributed by atoms with E-state index in [9.17, 15) is 0 Å². The predicted molar refractivity (Wildman–Crippen MR) is 52.6 cm³/mol. The van der Waals surface area contributed by atoms with Gasteiger partial charge in [0.2, 0.25) is 0 Å². The summed E-state index contributed by atoms with van der Waals surface area (Å²) in [6.45, 7) is 4.09. The number of rotatable bonds is 1. The third kappa shape index (κ3) is 2.42. The molecule has 2 fully saturated rings. The molecule has 0 radical (unpaired) electrons. The lowest BCUT2D eigenvalue weighted by molar-refractivity contribution is 0.00749. The van der Waals surface area contributed by atoms with Crippen LogP contribution in [0.2, 0.25) is 0 Å². The standard InChI is InChI=1S/C10H20N2O/c11-9-1-3-10(4-2-9)12-5-7-13-8-6-12/h9-10H,1-8,11H2. The maximum atomic E-state index is 5.88. The minimum absolute atomic E-state index is 0.470. The summed E-state index contributed by atoms with van der Waals surface area (Å²) in [6.07, 6.45) is 5.01. The van der Waals surface area contributed by atoms with Gasteiger partial charge in [-0.2, -0.15) is 0 Å². The van der Waals surface area contributed by atoms with Crippen LogP contribution < -0.4 is 5.73 Å². The Bertz CT molecular complexity index is 149. The van der Waals surface area contributed by atoms with Crippen molar-refractivity contribution < 1.29 is 4.74 Å². The van der Waals surface area contributed by atoms with E-state index >= 15 is 0 Å². The van der Waals surface area contributed by atoms with E-state index < -0.39 is 0 Å². The van der Waals surface area contributed by atoms with Crippen molar-refractivity contribution in [1.29, 1.82) is 0 Å². The Balaban J connectivity index is 1.79. The third-order valence-electron chi connectivity index (χ3n) is 3.30. The lowest BCUT2D eigenvalue weighted by Gasteiger charge is -2.38. The van der Waals surface area contributed by atoms with E-state index in [1.807, 2.05) is 0 Å². The Kier molecular flexibility index (Phi) is 3.19. The van der Waals surface area contributed by atoms with Gasteiger partial charge in [0.15, 0.2) is 0 Å². The molecule has 0 unspecified atom stereocenters. The summed E-state index contributed by atoms with van der Waals surface area (Å²) >= 11 is 0. The van der Waals surface area contributed by atoms with E-state index in [2.05, 4.69) is 4.90 Å². The van der Waals surface area contributed by atoms with Gasteiger partial charge < -0.3 is 10.5 Å². The summed E-state index contributed by atoms with van der Waals surface area (Å²) in [5, 5.41) is 0. The lowest BCUT2D eigenvalue weighted by atomic mass is 9.90. The molecule has 2 N–H and O–H groups in total. The van der Waals surface area contributed by atoms with Crippen LogP contribution in [0.5, 0.6) is 0 Å². The first-order valence-electron chi connectivity index (χ1n) is 5.43.